The molecular weight excluding hydrogens is 272 g/mol. The van der Waals surface area contributed by atoms with Crippen LogP contribution in [0, 0.1) is 0 Å². The van der Waals surface area contributed by atoms with Crippen molar-refractivity contribution < 1.29 is 8.42 Å². The average Bonchev–Trinajstić information content (AvgIpc) is 2.92. The van der Waals surface area contributed by atoms with Crippen molar-refractivity contribution in [3.8, 4) is 0 Å². The number of hydrogen-bond donors (Lipinski definition) is 2. The smallest absolute Gasteiger partial charge is 0.240 e. The Morgan fingerprint density at radius 1 is 1.30 bits per heavy atom. The Bertz CT molecular complexity index is 517. The molecule has 1 aromatic carbocycles. The second-order valence-electron chi connectivity index (χ2n) is 5.70. The van der Waals surface area contributed by atoms with Gasteiger partial charge < -0.3 is 5.32 Å². The normalized spacial score (nSPS) is 19.6. The molecule has 1 heterocycles. The first-order valence-electron chi connectivity index (χ1n) is 7.32. The van der Waals surface area contributed by atoms with Crippen molar-refractivity contribution in [3.63, 3.8) is 0 Å². The van der Waals surface area contributed by atoms with Crippen molar-refractivity contribution in [2.75, 3.05) is 13.1 Å². The highest BCUT2D eigenvalue weighted by molar-refractivity contribution is 7.89. The van der Waals surface area contributed by atoms with Gasteiger partial charge >= 0.3 is 0 Å². The van der Waals surface area contributed by atoms with E-state index in [0.29, 0.717) is 23.4 Å². The third-order valence-corrected chi connectivity index (χ3v) is 5.28. The summed E-state index contributed by atoms with van der Waals surface area (Å²) in [7, 11) is -3.37. The SMILES string of the molecule is CC(C)c1ccc(S(=O)(=O)NCCC2CCCN2)cc1. The van der Waals surface area contributed by atoms with E-state index in [1.165, 1.54) is 6.42 Å². The highest BCUT2D eigenvalue weighted by Gasteiger charge is 2.17. The molecule has 1 fully saturated rings. The van der Waals surface area contributed by atoms with Crippen molar-refractivity contribution in [2.24, 2.45) is 0 Å². The van der Waals surface area contributed by atoms with Crippen LogP contribution in [0.5, 0.6) is 0 Å². The molecule has 1 aliphatic rings. The summed E-state index contributed by atoms with van der Waals surface area (Å²) in [6.07, 6.45) is 3.18. The molecular formula is C15H24N2O2S. The lowest BCUT2D eigenvalue weighted by Gasteiger charge is -2.12. The van der Waals surface area contributed by atoms with Gasteiger partial charge in [0.2, 0.25) is 10.0 Å². The van der Waals surface area contributed by atoms with Gasteiger partial charge in [-0.3, -0.25) is 0 Å². The van der Waals surface area contributed by atoms with Gasteiger partial charge in [0.1, 0.15) is 0 Å². The quantitative estimate of drug-likeness (QED) is 0.846. The highest BCUT2D eigenvalue weighted by Crippen LogP contribution is 2.17. The summed E-state index contributed by atoms with van der Waals surface area (Å²) in [5.41, 5.74) is 1.15. The van der Waals surface area contributed by atoms with Crippen molar-refractivity contribution in [1.82, 2.24) is 10.0 Å². The van der Waals surface area contributed by atoms with E-state index >= 15 is 0 Å². The molecule has 0 saturated carbocycles. The predicted molar refractivity (Wildman–Crippen MR) is 81.4 cm³/mol. The zero-order valence-corrected chi connectivity index (χ0v) is 13.0. The fourth-order valence-corrected chi connectivity index (χ4v) is 3.53. The van der Waals surface area contributed by atoms with E-state index < -0.39 is 10.0 Å². The van der Waals surface area contributed by atoms with Crippen LogP contribution in [0.25, 0.3) is 0 Å². The second kappa shape index (κ2) is 6.70. The summed E-state index contributed by atoms with van der Waals surface area (Å²) >= 11 is 0. The van der Waals surface area contributed by atoms with Crippen LogP contribution < -0.4 is 10.0 Å². The van der Waals surface area contributed by atoms with E-state index in [4.69, 9.17) is 0 Å². The zero-order chi connectivity index (χ0) is 14.6. The molecule has 5 heteroatoms. The molecule has 0 amide bonds. The van der Waals surface area contributed by atoms with Crippen LogP contribution in [-0.4, -0.2) is 27.5 Å². The van der Waals surface area contributed by atoms with Gasteiger partial charge in [-0.05, 0) is 49.4 Å². The molecule has 1 unspecified atom stereocenters. The molecule has 112 valence electrons. The standard InChI is InChI=1S/C15H24N2O2S/c1-12(2)13-5-7-15(8-6-13)20(18,19)17-11-9-14-4-3-10-16-14/h5-8,12,14,16-17H,3-4,9-11H2,1-2H3. The molecule has 2 rings (SSSR count). The highest BCUT2D eigenvalue weighted by atomic mass is 32.2. The first kappa shape index (κ1) is 15.5. The lowest BCUT2D eigenvalue weighted by molar-refractivity contribution is 0.539. The van der Waals surface area contributed by atoms with Gasteiger partial charge in [-0.1, -0.05) is 26.0 Å². The summed E-state index contributed by atoms with van der Waals surface area (Å²) in [5, 5.41) is 3.37. The summed E-state index contributed by atoms with van der Waals surface area (Å²) in [5.74, 6) is 0.410. The van der Waals surface area contributed by atoms with Crippen molar-refractivity contribution in [2.45, 2.75) is 50.0 Å². The van der Waals surface area contributed by atoms with Crippen molar-refractivity contribution in [1.29, 1.82) is 0 Å². The third kappa shape index (κ3) is 4.04. The molecule has 0 radical (unpaired) electrons. The molecule has 4 nitrogen and oxygen atoms in total. The fourth-order valence-electron chi connectivity index (χ4n) is 2.49. The maximum Gasteiger partial charge on any atom is 0.240 e. The topological polar surface area (TPSA) is 58.2 Å². The van der Waals surface area contributed by atoms with E-state index in [1.807, 2.05) is 12.1 Å². The van der Waals surface area contributed by atoms with Gasteiger partial charge in [-0.15, -0.1) is 0 Å². The molecule has 1 atom stereocenters. The number of hydrogen-bond acceptors (Lipinski definition) is 3. The summed E-state index contributed by atoms with van der Waals surface area (Å²) in [4.78, 5) is 0.348. The summed E-state index contributed by atoms with van der Waals surface area (Å²) in [6, 6.07) is 7.60. The Kier molecular flexibility index (Phi) is 5.18. The maximum absolute atomic E-state index is 12.2. The lowest BCUT2D eigenvalue weighted by atomic mass is 10.0. The minimum atomic E-state index is -3.37. The van der Waals surface area contributed by atoms with Gasteiger partial charge in [-0.25, -0.2) is 13.1 Å². The zero-order valence-electron chi connectivity index (χ0n) is 12.2. The Hall–Kier alpha value is -0.910. The Morgan fingerprint density at radius 3 is 2.55 bits per heavy atom. The second-order valence-corrected chi connectivity index (χ2v) is 7.47. The van der Waals surface area contributed by atoms with E-state index in [0.717, 1.165) is 24.9 Å². The monoisotopic (exact) mass is 296 g/mol. The Labute approximate surface area is 122 Å². The molecule has 2 N–H and O–H groups in total. The van der Waals surface area contributed by atoms with Crippen LogP contribution in [0.2, 0.25) is 0 Å². The molecule has 1 aliphatic heterocycles. The molecule has 0 bridgehead atoms. The van der Waals surface area contributed by atoms with Crippen LogP contribution in [0.3, 0.4) is 0 Å². The first-order chi connectivity index (χ1) is 9.49. The van der Waals surface area contributed by atoms with Gasteiger partial charge in [0.15, 0.2) is 0 Å². The van der Waals surface area contributed by atoms with E-state index in [1.54, 1.807) is 12.1 Å². The van der Waals surface area contributed by atoms with Crippen LogP contribution in [-0.2, 0) is 10.0 Å². The largest absolute Gasteiger partial charge is 0.314 e. The minimum Gasteiger partial charge on any atom is -0.314 e. The predicted octanol–water partition coefficient (Wildman–Crippen LogP) is 2.23. The molecule has 0 spiro atoms. The third-order valence-electron chi connectivity index (χ3n) is 3.80. The summed E-state index contributed by atoms with van der Waals surface area (Å²) in [6.45, 7) is 5.73. The van der Waals surface area contributed by atoms with Gasteiger partial charge in [0.25, 0.3) is 0 Å². The first-order valence-corrected chi connectivity index (χ1v) is 8.80. The van der Waals surface area contributed by atoms with E-state index in [9.17, 15) is 8.42 Å². The van der Waals surface area contributed by atoms with Crippen LogP contribution >= 0.6 is 0 Å². The molecule has 0 aliphatic carbocycles. The molecule has 1 aromatic rings. The number of sulfonamides is 1. The van der Waals surface area contributed by atoms with Crippen LogP contribution in [0.1, 0.15) is 44.6 Å². The van der Waals surface area contributed by atoms with Crippen LogP contribution in [0.4, 0.5) is 0 Å². The fraction of sp³-hybridized carbons (Fsp3) is 0.600. The Morgan fingerprint density at radius 2 is 2.00 bits per heavy atom. The number of rotatable bonds is 6. The number of nitrogens with one attached hydrogen (secondary N) is 2. The van der Waals surface area contributed by atoms with E-state index in [2.05, 4.69) is 23.9 Å². The van der Waals surface area contributed by atoms with Crippen molar-refractivity contribution in [3.05, 3.63) is 29.8 Å². The molecule has 20 heavy (non-hydrogen) atoms. The average molecular weight is 296 g/mol. The van der Waals surface area contributed by atoms with Crippen LogP contribution in [0.15, 0.2) is 29.2 Å². The van der Waals surface area contributed by atoms with Gasteiger partial charge in [0, 0.05) is 12.6 Å². The number of benzene rings is 1. The maximum atomic E-state index is 12.2. The van der Waals surface area contributed by atoms with Gasteiger partial charge in [-0.2, -0.15) is 0 Å². The minimum absolute atomic E-state index is 0.348. The van der Waals surface area contributed by atoms with Crippen molar-refractivity contribution >= 4 is 10.0 Å². The molecule has 1 saturated heterocycles. The molecule has 0 aromatic heterocycles. The lowest BCUT2D eigenvalue weighted by Crippen LogP contribution is -2.30. The summed E-state index contributed by atoms with van der Waals surface area (Å²) < 4.78 is 27.0. The van der Waals surface area contributed by atoms with E-state index in [-0.39, 0.29) is 0 Å². The Balaban J connectivity index is 1.91. The van der Waals surface area contributed by atoms with Gasteiger partial charge in [0.05, 0.1) is 4.90 Å².